The zero-order chi connectivity index (χ0) is 30.5. The average molecular weight is 561 g/mol. The summed E-state index contributed by atoms with van der Waals surface area (Å²) in [5, 5.41) is 9.94. The lowest BCUT2D eigenvalue weighted by molar-refractivity contribution is -0.133. The maximum atomic E-state index is 13.4. The molecular formula is C30H37N7O4. The van der Waals surface area contributed by atoms with Crippen LogP contribution >= 0.6 is 0 Å². The number of amides is 4. The summed E-state index contributed by atoms with van der Waals surface area (Å²) in [7, 11) is 0. The van der Waals surface area contributed by atoms with Gasteiger partial charge in [0.25, 0.3) is 0 Å². The lowest BCUT2D eigenvalue weighted by Gasteiger charge is -2.25. The van der Waals surface area contributed by atoms with Crippen LogP contribution in [0.4, 0.5) is 0 Å². The number of aliphatic imine (C=N–C) groups is 1. The van der Waals surface area contributed by atoms with Gasteiger partial charge in [-0.3, -0.25) is 24.2 Å². The highest BCUT2D eigenvalue weighted by Crippen LogP contribution is 2.17. The third kappa shape index (κ3) is 9.95. The van der Waals surface area contributed by atoms with Gasteiger partial charge in [-0.25, -0.2) is 0 Å². The molecule has 11 nitrogen and oxygen atoms in total. The number of hydrogen-bond acceptors (Lipinski definition) is 5. The van der Waals surface area contributed by atoms with Crippen molar-refractivity contribution in [2.75, 3.05) is 6.54 Å². The SMILES string of the molecule is [2H]CC(=O)N[C@@H](Cc1ccccc1)C(=O)N[C@@H](CCCN=C(N)N)C(=O)N[C@H](Cc1ccc2ccccc2c1)C(N)=O. The van der Waals surface area contributed by atoms with Crippen molar-refractivity contribution < 1.29 is 20.5 Å². The molecule has 0 saturated heterocycles. The fourth-order valence-electron chi connectivity index (χ4n) is 4.39. The molecule has 0 spiro atoms. The zero-order valence-electron chi connectivity index (χ0n) is 23.7. The van der Waals surface area contributed by atoms with Gasteiger partial charge in [-0.15, -0.1) is 0 Å². The largest absolute Gasteiger partial charge is 0.370 e. The first-order valence-corrected chi connectivity index (χ1v) is 13.2. The number of rotatable bonds is 14. The number of benzene rings is 3. The first kappa shape index (κ1) is 29.1. The van der Waals surface area contributed by atoms with Crippen molar-refractivity contribution in [2.45, 2.75) is 50.7 Å². The Morgan fingerprint density at radius 1 is 0.756 bits per heavy atom. The smallest absolute Gasteiger partial charge is 0.243 e. The molecular weight excluding hydrogens is 522 g/mol. The Kier molecular flexibility index (Phi) is 10.6. The van der Waals surface area contributed by atoms with Crippen LogP contribution in [-0.2, 0) is 32.0 Å². The molecule has 0 heterocycles. The third-order valence-corrected chi connectivity index (χ3v) is 6.43. The lowest BCUT2D eigenvalue weighted by Crippen LogP contribution is -2.57. The monoisotopic (exact) mass is 560 g/mol. The second-order valence-electron chi connectivity index (χ2n) is 9.67. The van der Waals surface area contributed by atoms with E-state index in [0.717, 1.165) is 21.9 Å². The molecule has 0 bridgehead atoms. The summed E-state index contributed by atoms with van der Waals surface area (Å²) < 4.78 is 7.35. The highest BCUT2D eigenvalue weighted by Gasteiger charge is 2.29. The van der Waals surface area contributed by atoms with Gasteiger partial charge in [0, 0.05) is 27.7 Å². The van der Waals surface area contributed by atoms with Gasteiger partial charge in [-0.2, -0.15) is 0 Å². The van der Waals surface area contributed by atoms with E-state index in [1.807, 2.05) is 48.5 Å². The molecule has 0 aromatic heterocycles. The number of primary amides is 1. The van der Waals surface area contributed by atoms with E-state index >= 15 is 0 Å². The molecule has 0 radical (unpaired) electrons. The highest BCUT2D eigenvalue weighted by atomic mass is 16.2. The van der Waals surface area contributed by atoms with Crippen molar-refractivity contribution in [3.05, 3.63) is 83.9 Å². The predicted octanol–water partition coefficient (Wildman–Crippen LogP) is 0.638. The number of carbonyl (C=O) groups excluding carboxylic acids is 4. The van der Waals surface area contributed by atoms with Crippen molar-refractivity contribution in [1.82, 2.24) is 16.0 Å². The molecule has 9 N–H and O–H groups in total. The summed E-state index contributed by atoms with van der Waals surface area (Å²) in [6.45, 7) is -0.350. The summed E-state index contributed by atoms with van der Waals surface area (Å²) in [6.07, 6.45) is 0.772. The minimum absolute atomic E-state index is 0.106. The van der Waals surface area contributed by atoms with Crippen LogP contribution in [0.1, 0.15) is 32.2 Å². The van der Waals surface area contributed by atoms with Crippen molar-refractivity contribution in [3.63, 3.8) is 0 Å². The Morgan fingerprint density at radius 3 is 2.07 bits per heavy atom. The Balaban J connectivity index is 1.78. The lowest BCUT2D eigenvalue weighted by atomic mass is 10.0. The van der Waals surface area contributed by atoms with E-state index in [0.29, 0.717) is 6.42 Å². The van der Waals surface area contributed by atoms with Gasteiger partial charge < -0.3 is 33.2 Å². The van der Waals surface area contributed by atoms with Crippen LogP contribution in [0.15, 0.2) is 77.8 Å². The van der Waals surface area contributed by atoms with E-state index in [1.54, 1.807) is 24.3 Å². The molecule has 3 rings (SSSR count). The normalized spacial score (nSPS) is 13.2. The van der Waals surface area contributed by atoms with Gasteiger partial charge in [0.05, 0.1) is 0 Å². The standard InChI is InChI=1S/C30H37N7O4/c1-19(38)35-26(17-20-8-3-2-4-9-20)29(41)36-24(12-7-15-34-30(32)33)28(40)37-25(27(31)39)18-21-13-14-22-10-5-6-11-23(22)16-21/h2-6,8-11,13-14,16,24-26H,7,12,15,17-18H2,1H3,(H2,31,39)(H,35,38)(H,36,41)(H,37,40)(H4,32,33,34)/t24-,25+,26-/m0/s1/i1D. The van der Waals surface area contributed by atoms with Gasteiger partial charge >= 0.3 is 0 Å². The highest BCUT2D eigenvalue weighted by molar-refractivity contribution is 5.94. The molecule has 0 fully saturated rings. The van der Waals surface area contributed by atoms with Crippen LogP contribution in [0.25, 0.3) is 10.8 Å². The Labute approximate surface area is 240 Å². The predicted molar refractivity (Wildman–Crippen MR) is 158 cm³/mol. The van der Waals surface area contributed by atoms with Crippen LogP contribution < -0.4 is 33.2 Å². The van der Waals surface area contributed by atoms with E-state index in [-0.39, 0.29) is 31.8 Å². The summed E-state index contributed by atoms with van der Waals surface area (Å²) in [4.78, 5) is 55.1. The van der Waals surface area contributed by atoms with E-state index in [1.165, 1.54) is 0 Å². The van der Waals surface area contributed by atoms with Gasteiger partial charge in [0.2, 0.25) is 23.6 Å². The molecule has 0 unspecified atom stereocenters. The van der Waals surface area contributed by atoms with E-state index < -0.39 is 48.7 Å². The van der Waals surface area contributed by atoms with Crippen molar-refractivity contribution in [2.24, 2.45) is 22.2 Å². The molecule has 216 valence electrons. The first-order valence-electron chi connectivity index (χ1n) is 13.9. The molecule has 0 aliphatic heterocycles. The average Bonchev–Trinajstić information content (AvgIpc) is 2.98. The van der Waals surface area contributed by atoms with Crippen molar-refractivity contribution in [1.29, 1.82) is 0 Å². The van der Waals surface area contributed by atoms with E-state index in [4.69, 9.17) is 18.6 Å². The zero-order valence-corrected chi connectivity index (χ0v) is 22.7. The number of hydrogen-bond donors (Lipinski definition) is 6. The van der Waals surface area contributed by atoms with Crippen molar-refractivity contribution in [3.8, 4) is 0 Å². The summed E-state index contributed by atoms with van der Waals surface area (Å²) >= 11 is 0. The molecule has 41 heavy (non-hydrogen) atoms. The quantitative estimate of drug-likeness (QED) is 0.0950. The van der Waals surface area contributed by atoms with E-state index in [2.05, 4.69) is 20.9 Å². The van der Waals surface area contributed by atoms with Crippen LogP contribution in [0.3, 0.4) is 0 Å². The summed E-state index contributed by atoms with van der Waals surface area (Å²) in [5.74, 6) is -2.71. The number of nitrogens with one attached hydrogen (secondary N) is 3. The van der Waals surface area contributed by atoms with Gasteiger partial charge in [-0.05, 0) is 34.7 Å². The van der Waals surface area contributed by atoms with Crippen LogP contribution in [0, 0.1) is 0 Å². The second kappa shape index (κ2) is 15.0. The maximum absolute atomic E-state index is 13.4. The molecule has 0 saturated carbocycles. The number of guanidine groups is 1. The minimum atomic E-state index is -1.09. The topological polar surface area (TPSA) is 195 Å². The fourth-order valence-corrected chi connectivity index (χ4v) is 4.39. The fraction of sp³-hybridized carbons (Fsp3) is 0.300. The summed E-state index contributed by atoms with van der Waals surface area (Å²) in [5.41, 5.74) is 18.0. The number of fused-ring (bicyclic) bond motifs is 1. The second-order valence-corrected chi connectivity index (χ2v) is 9.67. The molecule has 3 atom stereocenters. The Morgan fingerprint density at radius 2 is 1.39 bits per heavy atom. The first-order chi connectivity index (χ1) is 20.2. The molecule has 0 aliphatic carbocycles. The van der Waals surface area contributed by atoms with E-state index in [9.17, 15) is 19.2 Å². The van der Waals surface area contributed by atoms with Gasteiger partial charge in [0.15, 0.2) is 5.96 Å². The minimum Gasteiger partial charge on any atom is -0.370 e. The molecule has 4 amide bonds. The van der Waals surface area contributed by atoms with Crippen LogP contribution in [0.5, 0.6) is 0 Å². The Bertz CT molecular complexity index is 1410. The van der Waals surface area contributed by atoms with Crippen LogP contribution in [-0.4, -0.2) is 54.3 Å². The number of nitrogens with two attached hydrogens (primary N) is 3. The van der Waals surface area contributed by atoms with Crippen LogP contribution in [0.2, 0.25) is 0 Å². The third-order valence-electron chi connectivity index (χ3n) is 6.43. The molecule has 3 aromatic carbocycles. The molecule has 0 aliphatic rings. The summed E-state index contributed by atoms with van der Waals surface area (Å²) in [6, 6.07) is 19.3. The number of nitrogens with zero attached hydrogens (tertiary/aromatic N) is 1. The number of carbonyl (C=O) groups is 4. The van der Waals surface area contributed by atoms with Gasteiger partial charge in [-0.1, -0.05) is 72.8 Å². The molecule has 11 heteroatoms. The van der Waals surface area contributed by atoms with Crippen molar-refractivity contribution >= 4 is 40.4 Å². The van der Waals surface area contributed by atoms with Gasteiger partial charge in [0.1, 0.15) is 18.1 Å². The molecule has 3 aromatic rings. The Hall–Kier alpha value is -4.93. The maximum Gasteiger partial charge on any atom is 0.243 e.